The highest BCUT2D eigenvalue weighted by Gasteiger charge is 2.30. The van der Waals surface area contributed by atoms with Crippen LogP contribution < -0.4 is 0 Å². The highest BCUT2D eigenvalue weighted by Crippen LogP contribution is 2.38. The largest absolute Gasteiger partial charge is 0.337 e. The Bertz CT molecular complexity index is 700. The van der Waals surface area contributed by atoms with Crippen molar-refractivity contribution in [3.63, 3.8) is 0 Å². The van der Waals surface area contributed by atoms with Crippen molar-refractivity contribution in [1.82, 2.24) is 34.1 Å². The van der Waals surface area contributed by atoms with Gasteiger partial charge in [0, 0.05) is 58.1 Å². The third-order valence-corrected chi connectivity index (χ3v) is 5.42. The van der Waals surface area contributed by atoms with E-state index in [1.54, 1.807) is 0 Å². The summed E-state index contributed by atoms with van der Waals surface area (Å²) in [6.07, 6.45) is 6.44. The molecule has 7 nitrogen and oxygen atoms in total. The van der Waals surface area contributed by atoms with Gasteiger partial charge in [0.1, 0.15) is 17.5 Å². The monoisotopic (exact) mass is 329 g/mol. The number of imidazole rings is 1. The number of aryl methyl sites for hydroxylation is 1. The maximum absolute atomic E-state index is 4.45. The van der Waals surface area contributed by atoms with E-state index in [-0.39, 0.29) is 0 Å². The van der Waals surface area contributed by atoms with E-state index in [0.717, 1.165) is 44.4 Å². The molecule has 0 bridgehead atoms. The molecule has 1 saturated carbocycles. The third-order valence-electron chi connectivity index (χ3n) is 5.42. The quantitative estimate of drug-likeness (QED) is 0.823. The van der Waals surface area contributed by atoms with Crippen LogP contribution in [0.15, 0.2) is 12.4 Å². The minimum atomic E-state index is 0.520. The van der Waals surface area contributed by atoms with Gasteiger partial charge < -0.3 is 9.13 Å². The Kier molecular flexibility index (Phi) is 4.14. The number of rotatable bonds is 5. The molecule has 0 unspecified atom stereocenters. The molecule has 7 heteroatoms. The van der Waals surface area contributed by atoms with Crippen LogP contribution in [0.5, 0.6) is 0 Å². The van der Waals surface area contributed by atoms with E-state index in [1.807, 2.05) is 12.4 Å². The van der Waals surface area contributed by atoms with Crippen LogP contribution in [0.3, 0.4) is 0 Å². The zero-order chi connectivity index (χ0) is 16.7. The Hall–Kier alpha value is -1.73. The van der Waals surface area contributed by atoms with Gasteiger partial charge in [-0.2, -0.15) is 0 Å². The Morgan fingerprint density at radius 2 is 1.92 bits per heavy atom. The van der Waals surface area contributed by atoms with Crippen molar-refractivity contribution < 1.29 is 0 Å². The molecule has 4 rings (SSSR count). The van der Waals surface area contributed by atoms with Crippen molar-refractivity contribution in [2.45, 2.75) is 44.8 Å². The molecule has 0 amide bonds. The summed E-state index contributed by atoms with van der Waals surface area (Å²) in [5.41, 5.74) is 0. The van der Waals surface area contributed by atoms with E-state index in [2.05, 4.69) is 55.1 Å². The highest BCUT2D eigenvalue weighted by molar-refractivity contribution is 5.08. The Morgan fingerprint density at radius 3 is 2.58 bits per heavy atom. The molecule has 24 heavy (non-hydrogen) atoms. The van der Waals surface area contributed by atoms with Crippen LogP contribution in [0.2, 0.25) is 0 Å². The molecule has 130 valence electrons. The normalized spacial score (nSPS) is 23.0. The number of nitrogens with zero attached hydrogens (tertiary/aromatic N) is 7. The van der Waals surface area contributed by atoms with Gasteiger partial charge in [0.2, 0.25) is 0 Å². The summed E-state index contributed by atoms with van der Waals surface area (Å²) in [5.74, 6) is 4.07. The molecule has 0 N–H and O–H groups in total. The van der Waals surface area contributed by atoms with Gasteiger partial charge in [0.15, 0.2) is 0 Å². The van der Waals surface area contributed by atoms with Crippen LogP contribution in [0.25, 0.3) is 0 Å². The van der Waals surface area contributed by atoms with Gasteiger partial charge in [-0.15, -0.1) is 10.2 Å². The molecular weight excluding hydrogens is 302 g/mol. The zero-order valence-electron chi connectivity index (χ0n) is 14.9. The molecule has 1 atom stereocenters. The van der Waals surface area contributed by atoms with Gasteiger partial charge in [-0.05, 0) is 19.8 Å². The first-order valence-corrected chi connectivity index (χ1v) is 8.92. The fraction of sp³-hybridized carbons (Fsp3) is 0.706. The van der Waals surface area contributed by atoms with Gasteiger partial charge in [-0.1, -0.05) is 0 Å². The van der Waals surface area contributed by atoms with Crippen LogP contribution in [-0.2, 0) is 27.2 Å². The van der Waals surface area contributed by atoms with Crippen molar-refractivity contribution in [2.75, 3.05) is 19.6 Å². The average molecular weight is 329 g/mol. The van der Waals surface area contributed by atoms with Crippen molar-refractivity contribution in [1.29, 1.82) is 0 Å². The first-order chi connectivity index (χ1) is 11.6. The van der Waals surface area contributed by atoms with E-state index in [9.17, 15) is 0 Å². The minimum absolute atomic E-state index is 0.520. The molecule has 2 fully saturated rings. The average Bonchev–Trinajstić information content (AvgIpc) is 3.23. The lowest BCUT2D eigenvalue weighted by atomic mass is 10.2. The number of hydrogen-bond acceptors (Lipinski definition) is 5. The molecule has 0 spiro atoms. The lowest BCUT2D eigenvalue weighted by Crippen LogP contribution is -2.51. The molecule has 2 aromatic heterocycles. The van der Waals surface area contributed by atoms with Gasteiger partial charge in [-0.25, -0.2) is 4.98 Å². The fourth-order valence-electron chi connectivity index (χ4n) is 3.59. The van der Waals surface area contributed by atoms with E-state index >= 15 is 0 Å². The van der Waals surface area contributed by atoms with Gasteiger partial charge in [-0.3, -0.25) is 9.80 Å². The fourth-order valence-corrected chi connectivity index (χ4v) is 3.59. The van der Waals surface area contributed by atoms with Crippen molar-refractivity contribution >= 4 is 0 Å². The lowest BCUT2D eigenvalue weighted by Gasteiger charge is -2.39. The van der Waals surface area contributed by atoms with Crippen LogP contribution >= 0.6 is 0 Å². The Balaban J connectivity index is 1.35. The molecule has 1 saturated heterocycles. The topological polar surface area (TPSA) is 55.0 Å². The second kappa shape index (κ2) is 6.29. The molecule has 1 aliphatic carbocycles. The molecule has 0 aromatic carbocycles. The maximum Gasteiger partial charge on any atom is 0.146 e. The third kappa shape index (κ3) is 3.10. The number of aromatic nitrogens is 5. The molecule has 0 radical (unpaired) electrons. The predicted molar refractivity (Wildman–Crippen MR) is 91.3 cm³/mol. The van der Waals surface area contributed by atoms with E-state index in [4.69, 9.17) is 0 Å². The number of piperazine rings is 1. The first kappa shape index (κ1) is 15.8. The maximum atomic E-state index is 4.45. The second-order valence-corrected chi connectivity index (χ2v) is 7.32. The molecule has 2 aromatic rings. The van der Waals surface area contributed by atoms with Crippen LogP contribution in [-0.4, -0.2) is 59.8 Å². The number of hydrogen-bond donors (Lipinski definition) is 0. The van der Waals surface area contributed by atoms with Crippen molar-refractivity contribution in [2.24, 2.45) is 14.1 Å². The molecular formula is C17H27N7. The summed E-state index contributed by atoms with van der Waals surface area (Å²) in [7, 11) is 4.18. The van der Waals surface area contributed by atoms with Crippen LogP contribution in [0.4, 0.5) is 0 Å². The Labute approximate surface area is 143 Å². The van der Waals surface area contributed by atoms with Gasteiger partial charge in [0.25, 0.3) is 0 Å². The highest BCUT2D eigenvalue weighted by atomic mass is 15.3. The van der Waals surface area contributed by atoms with E-state index < -0.39 is 0 Å². The molecule has 1 aliphatic heterocycles. The van der Waals surface area contributed by atoms with E-state index in [1.165, 1.54) is 18.7 Å². The van der Waals surface area contributed by atoms with E-state index in [0.29, 0.717) is 12.0 Å². The summed E-state index contributed by atoms with van der Waals surface area (Å²) in [4.78, 5) is 9.47. The lowest BCUT2D eigenvalue weighted by molar-refractivity contribution is 0.0686. The van der Waals surface area contributed by atoms with Crippen molar-refractivity contribution in [3.8, 4) is 0 Å². The predicted octanol–water partition coefficient (Wildman–Crippen LogP) is 1.13. The Morgan fingerprint density at radius 1 is 1.08 bits per heavy atom. The smallest absolute Gasteiger partial charge is 0.146 e. The van der Waals surface area contributed by atoms with Crippen LogP contribution in [0.1, 0.15) is 43.2 Å². The summed E-state index contributed by atoms with van der Waals surface area (Å²) in [6, 6.07) is 0.520. The summed E-state index contributed by atoms with van der Waals surface area (Å²) >= 11 is 0. The summed E-state index contributed by atoms with van der Waals surface area (Å²) < 4.78 is 4.32. The van der Waals surface area contributed by atoms with Crippen molar-refractivity contribution in [3.05, 3.63) is 29.9 Å². The molecule has 2 aliphatic rings. The standard InChI is InChI=1S/C17H27N7/c1-13-10-23(8-9-24(13)12-15-18-6-7-21(15)2)11-16-19-20-17(22(16)3)14-4-5-14/h6-7,13-14H,4-5,8-12H2,1-3H3/t13-/m1/s1. The molecule has 3 heterocycles. The van der Waals surface area contributed by atoms with Crippen LogP contribution in [0, 0.1) is 0 Å². The van der Waals surface area contributed by atoms with Gasteiger partial charge >= 0.3 is 0 Å². The summed E-state index contributed by atoms with van der Waals surface area (Å²) in [5, 5.41) is 8.83. The zero-order valence-corrected chi connectivity index (χ0v) is 14.9. The minimum Gasteiger partial charge on any atom is -0.337 e. The first-order valence-electron chi connectivity index (χ1n) is 8.92. The summed E-state index contributed by atoms with van der Waals surface area (Å²) in [6.45, 7) is 7.34. The van der Waals surface area contributed by atoms with Gasteiger partial charge in [0.05, 0.1) is 13.1 Å². The SMILES string of the molecule is C[C@@H]1CN(Cc2nnc(C3CC3)n2C)CCN1Cc1nccn1C. The second-order valence-electron chi connectivity index (χ2n) is 7.32.